The quantitative estimate of drug-likeness (QED) is 0.815. The van der Waals surface area contributed by atoms with Crippen molar-refractivity contribution in [3.8, 4) is 6.07 Å². The number of aryl methyl sites for hydroxylation is 2. The lowest BCUT2D eigenvalue weighted by Gasteiger charge is -2.14. The Morgan fingerprint density at radius 1 is 1.39 bits per heavy atom. The highest BCUT2D eigenvalue weighted by atomic mass is 16.1. The monoisotopic (exact) mass is 244 g/mol. The minimum Gasteiger partial charge on any atom is -0.353 e. The number of carbonyl (C=O) groups is 1. The van der Waals surface area contributed by atoms with Gasteiger partial charge in [0.1, 0.15) is 0 Å². The van der Waals surface area contributed by atoms with Gasteiger partial charge in [-0.2, -0.15) is 5.26 Å². The SMILES string of the molecule is CC(C)(C#N)CCCn1cc2c(c1)C(=O)CCC2. The van der Waals surface area contributed by atoms with Crippen molar-refractivity contribution >= 4 is 5.78 Å². The number of carbonyl (C=O) groups excluding carboxylic acids is 1. The molecule has 0 saturated heterocycles. The average Bonchev–Trinajstić information content (AvgIpc) is 2.73. The van der Waals surface area contributed by atoms with Gasteiger partial charge in [0.2, 0.25) is 0 Å². The molecule has 1 heterocycles. The first-order chi connectivity index (χ1) is 8.52. The molecular formula is C15H20N2O. The van der Waals surface area contributed by atoms with E-state index in [1.54, 1.807) is 0 Å². The largest absolute Gasteiger partial charge is 0.353 e. The number of hydrogen-bond donors (Lipinski definition) is 0. The van der Waals surface area contributed by atoms with Gasteiger partial charge >= 0.3 is 0 Å². The molecule has 0 atom stereocenters. The normalized spacial score (nSPS) is 15.3. The van der Waals surface area contributed by atoms with Gasteiger partial charge in [-0.3, -0.25) is 4.79 Å². The van der Waals surface area contributed by atoms with E-state index in [1.807, 2.05) is 20.0 Å². The second kappa shape index (κ2) is 4.97. The Hall–Kier alpha value is -1.56. The zero-order valence-corrected chi connectivity index (χ0v) is 11.2. The van der Waals surface area contributed by atoms with Crippen LogP contribution >= 0.6 is 0 Å². The van der Waals surface area contributed by atoms with Gasteiger partial charge in [-0.1, -0.05) is 0 Å². The molecule has 3 nitrogen and oxygen atoms in total. The summed E-state index contributed by atoms with van der Waals surface area (Å²) in [6.07, 6.45) is 8.65. The van der Waals surface area contributed by atoms with Gasteiger partial charge in [0, 0.05) is 30.9 Å². The molecule has 0 radical (unpaired) electrons. The van der Waals surface area contributed by atoms with Gasteiger partial charge in [-0.25, -0.2) is 0 Å². The summed E-state index contributed by atoms with van der Waals surface area (Å²) in [6.45, 7) is 4.83. The third-order valence-electron chi connectivity index (χ3n) is 3.63. The average molecular weight is 244 g/mol. The molecule has 0 aliphatic heterocycles. The molecule has 1 aromatic heterocycles. The first-order valence-corrected chi connectivity index (χ1v) is 6.65. The Bertz CT molecular complexity index is 491. The van der Waals surface area contributed by atoms with E-state index in [0.29, 0.717) is 6.42 Å². The van der Waals surface area contributed by atoms with Crippen molar-refractivity contribution in [2.24, 2.45) is 5.41 Å². The van der Waals surface area contributed by atoms with Gasteiger partial charge in [0.25, 0.3) is 0 Å². The summed E-state index contributed by atoms with van der Waals surface area (Å²) < 4.78 is 2.11. The van der Waals surface area contributed by atoms with Crippen molar-refractivity contribution in [2.75, 3.05) is 0 Å². The molecule has 0 N–H and O–H groups in total. The maximum absolute atomic E-state index is 11.7. The van der Waals surface area contributed by atoms with Crippen LogP contribution in [-0.2, 0) is 13.0 Å². The number of Topliss-reactive ketones (excluding diaryl/α,β-unsaturated/α-hetero) is 1. The van der Waals surface area contributed by atoms with Crippen LogP contribution in [0.15, 0.2) is 12.4 Å². The van der Waals surface area contributed by atoms with Gasteiger partial charge in [-0.15, -0.1) is 0 Å². The summed E-state index contributed by atoms with van der Waals surface area (Å²) in [7, 11) is 0. The number of nitriles is 1. The van der Waals surface area contributed by atoms with Crippen LogP contribution in [0.2, 0.25) is 0 Å². The second-order valence-electron chi connectivity index (χ2n) is 5.81. The number of fused-ring (bicyclic) bond motifs is 1. The summed E-state index contributed by atoms with van der Waals surface area (Å²) in [6, 6.07) is 2.32. The highest BCUT2D eigenvalue weighted by Crippen LogP contribution is 2.24. The number of nitrogens with zero attached hydrogens (tertiary/aromatic N) is 2. The molecule has 0 amide bonds. The lowest BCUT2D eigenvalue weighted by Crippen LogP contribution is -2.09. The Morgan fingerprint density at radius 3 is 2.83 bits per heavy atom. The van der Waals surface area contributed by atoms with Crippen molar-refractivity contribution in [2.45, 2.75) is 52.5 Å². The number of hydrogen-bond acceptors (Lipinski definition) is 2. The fraction of sp³-hybridized carbons (Fsp3) is 0.600. The molecular weight excluding hydrogens is 224 g/mol. The minimum absolute atomic E-state index is 0.247. The zero-order valence-electron chi connectivity index (χ0n) is 11.2. The van der Waals surface area contributed by atoms with Gasteiger partial charge in [0.15, 0.2) is 5.78 Å². The number of aromatic nitrogens is 1. The molecule has 1 aromatic rings. The predicted octanol–water partition coefficient (Wildman–Crippen LogP) is 3.34. The van der Waals surface area contributed by atoms with E-state index in [4.69, 9.17) is 5.26 Å². The molecule has 0 spiro atoms. The van der Waals surface area contributed by atoms with Crippen LogP contribution in [0.25, 0.3) is 0 Å². The van der Waals surface area contributed by atoms with E-state index in [-0.39, 0.29) is 11.2 Å². The molecule has 96 valence electrons. The molecule has 0 unspecified atom stereocenters. The third kappa shape index (κ3) is 2.81. The highest BCUT2D eigenvalue weighted by molar-refractivity contribution is 5.98. The van der Waals surface area contributed by atoms with Crippen LogP contribution in [0.3, 0.4) is 0 Å². The Kier molecular flexibility index (Phi) is 3.56. The number of ketones is 1. The molecule has 2 rings (SSSR count). The molecule has 0 aromatic carbocycles. The Balaban J connectivity index is 1.96. The van der Waals surface area contributed by atoms with E-state index >= 15 is 0 Å². The second-order valence-corrected chi connectivity index (χ2v) is 5.81. The topological polar surface area (TPSA) is 45.8 Å². The van der Waals surface area contributed by atoms with Crippen molar-refractivity contribution in [3.05, 3.63) is 23.5 Å². The molecule has 0 saturated carbocycles. The highest BCUT2D eigenvalue weighted by Gasteiger charge is 2.19. The van der Waals surface area contributed by atoms with E-state index in [1.165, 1.54) is 5.56 Å². The van der Waals surface area contributed by atoms with Crippen molar-refractivity contribution < 1.29 is 4.79 Å². The first-order valence-electron chi connectivity index (χ1n) is 6.65. The van der Waals surface area contributed by atoms with Crippen molar-refractivity contribution in [3.63, 3.8) is 0 Å². The molecule has 0 fully saturated rings. The van der Waals surface area contributed by atoms with Crippen LogP contribution in [0.1, 0.15) is 55.5 Å². The fourth-order valence-electron chi connectivity index (χ4n) is 2.47. The lowest BCUT2D eigenvalue weighted by atomic mass is 9.90. The van der Waals surface area contributed by atoms with E-state index < -0.39 is 0 Å². The molecule has 0 bridgehead atoms. The molecule has 18 heavy (non-hydrogen) atoms. The predicted molar refractivity (Wildman–Crippen MR) is 70.3 cm³/mol. The molecule has 3 heteroatoms. The summed E-state index contributed by atoms with van der Waals surface area (Å²) in [5.74, 6) is 0.285. The summed E-state index contributed by atoms with van der Waals surface area (Å²) >= 11 is 0. The Morgan fingerprint density at radius 2 is 2.17 bits per heavy atom. The summed E-state index contributed by atoms with van der Waals surface area (Å²) in [5, 5.41) is 8.96. The Labute approximate surface area is 108 Å². The van der Waals surface area contributed by atoms with Crippen molar-refractivity contribution in [1.82, 2.24) is 4.57 Å². The minimum atomic E-state index is -0.247. The van der Waals surface area contributed by atoms with E-state index in [9.17, 15) is 4.79 Å². The fourth-order valence-corrected chi connectivity index (χ4v) is 2.47. The maximum Gasteiger partial charge on any atom is 0.164 e. The number of rotatable bonds is 4. The summed E-state index contributed by atoms with van der Waals surface area (Å²) in [5.41, 5.74) is 1.87. The maximum atomic E-state index is 11.7. The van der Waals surface area contributed by atoms with Gasteiger partial charge in [0.05, 0.1) is 11.5 Å². The molecule has 1 aliphatic rings. The van der Waals surface area contributed by atoms with Crippen LogP contribution in [0, 0.1) is 16.7 Å². The van der Waals surface area contributed by atoms with Crippen LogP contribution in [-0.4, -0.2) is 10.4 Å². The molecule has 1 aliphatic carbocycles. The smallest absolute Gasteiger partial charge is 0.164 e. The van der Waals surface area contributed by atoms with Gasteiger partial charge < -0.3 is 4.57 Å². The van der Waals surface area contributed by atoms with Crippen LogP contribution in [0.5, 0.6) is 0 Å². The third-order valence-corrected chi connectivity index (χ3v) is 3.63. The van der Waals surface area contributed by atoms with Crippen LogP contribution in [0.4, 0.5) is 0 Å². The van der Waals surface area contributed by atoms with Crippen molar-refractivity contribution in [1.29, 1.82) is 5.26 Å². The van der Waals surface area contributed by atoms with Crippen LogP contribution < -0.4 is 0 Å². The van der Waals surface area contributed by atoms with Gasteiger partial charge in [-0.05, 0) is 45.1 Å². The van der Waals surface area contributed by atoms with E-state index in [2.05, 4.69) is 16.8 Å². The standard InChI is InChI=1S/C15H20N2O/c1-15(2,11-16)7-4-8-17-9-12-5-3-6-14(18)13(12)10-17/h9-10H,3-8H2,1-2H3. The zero-order chi connectivity index (χ0) is 13.2. The first kappa shape index (κ1) is 12.9. The summed E-state index contributed by atoms with van der Waals surface area (Å²) in [4.78, 5) is 11.7. The van der Waals surface area contributed by atoms with E-state index in [0.717, 1.165) is 37.8 Å². The lowest BCUT2D eigenvalue weighted by molar-refractivity contribution is 0.0973.